The predicted molar refractivity (Wildman–Crippen MR) is 128 cm³/mol. The summed E-state index contributed by atoms with van der Waals surface area (Å²) in [6, 6.07) is 9.70. The van der Waals surface area contributed by atoms with Gasteiger partial charge in [-0.25, -0.2) is 21.8 Å². The molecule has 12 heteroatoms. The van der Waals surface area contributed by atoms with Gasteiger partial charge in [0.2, 0.25) is 10.0 Å². The van der Waals surface area contributed by atoms with Crippen molar-refractivity contribution in [2.45, 2.75) is 37.3 Å². The average Bonchev–Trinajstić information content (AvgIpc) is 2.67. The van der Waals surface area contributed by atoms with Gasteiger partial charge in [0.1, 0.15) is 0 Å². The van der Waals surface area contributed by atoms with Crippen LogP contribution in [0.4, 0.5) is 5.69 Å². The number of aliphatic hydroxyl groups is 1. The molecule has 8 nitrogen and oxygen atoms in total. The van der Waals surface area contributed by atoms with E-state index in [1.54, 1.807) is 33.2 Å². The van der Waals surface area contributed by atoms with Gasteiger partial charge in [0.05, 0.1) is 22.9 Å². The standard InChI is InChI=1S/C20H27Cl2N3O5S2/c1-15(5-4-12-31(27,28)23-24(2)3)25(20-13-18(22)7-6-16(20)14-26)32(29,30)19-10-8-17(21)9-11-19/h6-11,13,15,23,26H,4-5,12,14H2,1-3H3. The van der Waals surface area contributed by atoms with E-state index in [-0.39, 0.29) is 29.2 Å². The zero-order valence-electron chi connectivity index (χ0n) is 18.0. The molecular weight excluding hydrogens is 497 g/mol. The lowest BCUT2D eigenvalue weighted by Crippen LogP contribution is -2.40. The molecule has 2 rings (SSSR count). The Kier molecular flexibility index (Phi) is 9.35. The van der Waals surface area contributed by atoms with Gasteiger partial charge in [-0.1, -0.05) is 29.3 Å². The third kappa shape index (κ3) is 7.05. The van der Waals surface area contributed by atoms with Gasteiger partial charge in [-0.3, -0.25) is 4.31 Å². The van der Waals surface area contributed by atoms with Crippen molar-refractivity contribution in [1.29, 1.82) is 0 Å². The fourth-order valence-electron chi connectivity index (χ4n) is 3.21. The molecule has 1 unspecified atom stereocenters. The molecule has 0 radical (unpaired) electrons. The number of rotatable bonds is 11. The maximum Gasteiger partial charge on any atom is 0.264 e. The monoisotopic (exact) mass is 523 g/mol. The van der Waals surface area contributed by atoms with Crippen molar-refractivity contribution < 1.29 is 21.9 Å². The molecule has 0 bridgehead atoms. The van der Waals surface area contributed by atoms with E-state index in [9.17, 15) is 21.9 Å². The highest BCUT2D eigenvalue weighted by molar-refractivity contribution is 7.92. The van der Waals surface area contributed by atoms with Crippen molar-refractivity contribution in [1.82, 2.24) is 9.84 Å². The predicted octanol–water partition coefficient (Wildman–Crippen LogP) is 3.25. The summed E-state index contributed by atoms with van der Waals surface area (Å²) >= 11 is 12.1. The molecule has 2 aromatic carbocycles. The maximum atomic E-state index is 13.6. The van der Waals surface area contributed by atoms with E-state index in [0.717, 1.165) is 0 Å². The lowest BCUT2D eigenvalue weighted by atomic mass is 10.1. The van der Waals surface area contributed by atoms with Crippen molar-refractivity contribution >= 4 is 48.9 Å². The van der Waals surface area contributed by atoms with Crippen LogP contribution in [0.25, 0.3) is 0 Å². The largest absolute Gasteiger partial charge is 0.392 e. The van der Waals surface area contributed by atoms with Gasteiger partial charge in [0.25, 0.3) is 10.0 Å². The molecular formula is C20H27Cl2N3O5S2. The number of nitrogens with zero attached hydrogens (tertiary/aromatic N) is 2. The molecule has 32 heavy (non-hydrogen) atoms. The highest BCUT2D eigenvalue weighted by Crippen LogP contribution is 2.33. The van der Waals surface area contributed by atoms with Crippen LogP contribution in [0.15, 0.2) is 47.4 Å². The molecule has 0 saturated carbocycles. The number of hydrazine groups is 1. The summed E-state index contributed by atoms with van der Waals surface area (Å²) in [5.41, 5.74) is 0.609. The van der Waals surface area contributed by atoms with E-state index < -0.39 is 32.7 Å². The Labute approximate surface area is 199 Å². The lowest BCUT2D eigenvalue weighted by molar-refractivity contribution is 0.282. The van der Waals surface area contributed by atoms with Crippen LogP contribution in [0.5, 0.6) is 0 Å². The molecule has 1 atom stereocenters. The number of benzene rings is 2. The molecule has 0 heterocycles. The Morgan fingerprint density at radius 3 is 2.16 bits per heavy atom. The van der Waals surface area contributed by atoms with Crippen LogP contribution in [-0.2, 0) is 26.7 Å². The quantitative estimate of drug-likeness (QED) is 0.437. The molecule has 2 aromatic rings. The van der Waals surface area contributed by atoms with Crippen molar-refractivity contribution in [3.05, 3.63) is 58.1 Å². The summed E-state index contributed by atoms with van der Waals surface area (Å²) in [6.45, 7) is 1.29. The number of halogens is 2. The van der Waals surface area contributed by atoms with Crippen LogP contribution in [0.3, 0.4) is 0 Å². The van der Waals surface area contributed by atoms with Crippen molar-refractivity contribution in [3.63, 3.8) is 0 Å². The first-order valence-electron chi connectivity index (χ1n) is 9.74. The molecule has 0 saturated heterocycles. The van der Waals surface area contributed by atoms with Gasteiger partial charge in [0.15, 0.2) is 0 Å². The van der Waals surface area contributed by atoms with Crippen LogP contribution < -0.4 is 9.14 Å². The van der Waals surface area contributed by atoms with Crippen molar-refractivity contribution in [2.75, 3.05) is 24.2 Å². The molecule has 0 aromatic heterocycles. The van der Waals surface area contributed by atoms with E-state index in [0.29, 0.717) is 15.6 Å². The van der Waals surface area contributed by atoms with Crippen LogP contribution >= 0.6 is 23.2 Å². The zero-order valence-corrected chi connectivity index (χ0v) is 21.1. The number of nitrogens with one attached hydrogen (secondary N) is 1. The molecule has 0 aliphatic carbocycles. The molecule has 0 aliphatic rings. The maximum absolute atomic E-state index is 13.6. The summed E-state index contributed by atoms with van der Waals surface area (Å²) in [6.07, 6.45) is 0.463. The highest BCUT2D eigenvalue weighted by Gasteiger charge is 2.31. The highest BCUT2D eigenvalue weighted by atomic mass is 35.5. The van der Waals surface area contributed by atoms with E-state index in [1.165, 1.54) is 39.6 Å². The van der Waals surface area contributed by atoms with E-state index in [1.807, 2.05) is 0 Å². The number of hydrogen-bond donors (Lipinski definition) is 2. The third-order valence-electron chi connectivity index (χ3n) is 4.58. The summed E-state index contributed by atoms with van der Waals surface area (Å²) in [5.74, 6) is -0.174. The summed E-state index contributed by atoms with van der Waals surface area (Å²) < 4.78 is 52.6. The van der Waals surface area contributed by atoms with E-state index in [4.69, 9.17) is 23.2 Å². The fourth-order valence-corrected chi connectivity index (χ4v) is 6.41. The van der Waals surface area contributed by atoms with Gasteiger partial charge in [-0.2, -0.15) is 0 Å². The summed E-state index contributed by atoms with van der Waals surface area (Å²) in [5, 5.41) is 11.8. The van der Waals surface area contributed by atoms with Crippen LogP contribution in [0, 0.1) is 0 Å². The molecule has 178 valence electrons. The van der Waals surface area contributed by atoms with Crippen molar-refractivity contribution in [2.24, 2.45) is 0 Å². The Hall–Kier alpha value is -1.40. The Balaban J connectivity index is 2.43. The van der Waals surface area contributed by atoms with Crippen LogP contribution in [-0.4, -0.2) is 52.8 Å². The Morgan fingerprint density at radius 1 is 1.00 bits per heavy atom. The van der Waals surface area contributed by atoms with Gasteiger partial charge < -0.3 is 5.11 Å². The molecule has 0 amide bonds. The van der Waals surface area contributed by atoms with Crippen LogP contribution in [0.1, 0.15) is 25.3 Å². The number of aliphatic hydroxyl groups excluding tert-OH is 1. The second-order valence-electron chi connectivity index (χ2n) is 7.48. The molecule has 0 aliphatic heterocycles. The summed E-state index contributed by atoms with van der Waals surface area (Å²) in [4.78, 5) is 2.36. The first-order chi connectivity index (χ1) is 14.9. The SMILES string of the molecule is CC(CCCS(=O)(=O)NN(C)C)N(c1cc(Cl)ccc1CO)S(=O)(=O)c1ccc(Cl)cc1. The number of anilines is 1. The first-order valence-corrected chi connectivity index (χ1v) is 13.6. The van der Waals surface area contributed by atoms with Gasteiger partial charge in [-0.05, 0) is 56.2 Å². The number of sulfonamides is 2. The molecule has 2 N–H and O–H groups in total. The normalized spacial score (nSPS) is 13.3. The number of hydrogen-bond acceptors (Lipinski definition) is 6. The second-order valence-corrected chi connectivity index (χ2v) is 12.0. The van der Waals surface area contributed by atoms with E-state index in [2.05, 4.69) is 4.83 Å². The Bertz CT molecular complexity index is 1120. The third-order valence-corrected chi connectivity index (χ3v) is 8.48. The van der Waals surface area contributed by atoms with Gasteiger partial charge >= 0.3 is 0 Å². The minimum Gasteiger partial charge on any atom is -0.392 e. The minimum atomic E-state index is -4.07. The molecule has 0 spiro atoms. The second kappa shape index (κ2) is 11.1. The Morgan fingerprint density at radius 2 is 1.59 bits per heavy atom. The lowest BCUT2D eigenvalue weighted by Gasteiger charge is -2.32. The summed E-state index contributed by atoms with van der Waals surface area (Å²) in [7, 11) is -4.49. The minimum absolute atomic E-state index is 0.0134. The average molecular weight is 524 g/mol. The van der Waals surface area contributed by atoms with E-state index >= 15 is 0 Å². The van der Waals surface area contributed by atoms with Gasteiger partial charge in [0, 0.05) is 35.7 Å². The smallest absolute Gasteiger partial charge is 0.264 e. The topological polar surface area (TPSA) is 107 Å². The first kappa shape index (κ1) is 26.8. The zero-order chi connectivity index (χ0) is 24.1. The molecule has 0 fully saturated rings. The van der Waals surface area contributed by atoms with Crippen molar-refractivity contribution in [3.8, 4) is 0 Å². The van der Waals surface area contributed by atoms with Crippen LogP contribution in [0.2, 0.25) is 10.0 Å². The fraction of sp³-hybridized carbons (Fsp3) is 0.400. The van der Waals surface area contributed by atoms with Gasteiger partial charge in [-0.15, -0.1) is 4.83 Å².